The zero-order chi connectivity index (χ0) is 13.1. The molecular formula is C8H13F2N3O3S. The fraction of sp³-hybridized carbons (Fsp3) is 0.625. The lowest BCUT2D eigenvalue weighted by molar-refractivity contribution is 0.126. The summed E-state index contributed by atoms with van der Waals surface area (Å²) in [6.45, 7) is -0.907. The summed E-state index contributed by atoms with van der Waals surface area (Å²) in [5.74, 6) is 0. The van der Waals surface area contributed by atoms with Crippen LogP contribution in [0, 0.1) is 0 Å². The topological polar surface area (TPSA) is 75.4 Å². The molecule has 0 aliphatic rings. The van der Waals surface area contributed by atoms with Crippen LogP contribution >= 0.6 is 0 Å². The van der Waals surface area contributed by atoms with Crippen molar-refractivity contribution < 1.29 is 22.3 Å². The third-order valence-corrected chi connectivity index (χ3v) is 3.82. The number of nitrogens with zero attached hydrogens (tertiary/aromatic N) is 3. The van der Waals surface area contributed by atoms with Crippen LogP contribution in [-0.4, -0.2) is 54.2 Å². The molecule has 0 aliphatic heterocycles. The minimum absolute atomic E-state index is 0.147. The van der Waals surface area contributed by atoms with Crippen molar-refractivity contribution in [1.29, 1.82) is 0 Å². The molecule has 0 amide bonds. The Bertz CT molecular complexity index is 460. The van der Waals surface area contributed by atoms with Gasteiger partial charge in [-0.05, 0) is 0 Å². The van der Waals surface area contributed by atoms with E-state index in [0.29, 0.717) is 4.31 Å². The van der Waals surface area contributed by atoms with Gasteiger partial charge in [-0.2, -0.15) is 9.40 Å². The predicted octanol–water partition coefficient (Wildman–Crippen LogP) is -0.239. The summed E-state index contributed by atoms with van der Waals surface area (Å²) in [7, 11) is -2.87. The summed E-state index contributed by atoms with van der Waals surface area (Å²) in [5.41, 5.74) is 0. The lowest BCUT2D eigenvalue weighted by Gasteiger charge is -2.14. The molecule has 0 spiro atoms. The van der Waals surface area contributed by atoms with Gasteiger partial charge in [0.2, 0.25) is 10.0 Å². The van der Waals surface area contributed by atoms with Crippen molar-refractivity contribution in [2.24, 2.45) is 0 Å². The summed E-state index contributed by atoms with van der Waals surface area (Å²) in [4.78, 5) is -0.172. The Kier molecular flexibility index (Phi) is 4.54. The van der Waals surface area contributed by atoms with Crippen LogP contribution in [-0.2, 0) is 16.6 Å². The Morgan fingerprint density at radius 2 is 2.24 bits per heavy atom. The van der Waals surface area contributed by atoms with E-state index < -0.39 is 23.0 Å². The van der Waals surface area contributed by atoms with Gasteiger partial charge in [0, 0.05) is 13.2 Å². The van der Waals surface area contributed by atoms with Gasteiger partial charge in [0.1, 0.15) is 4.90 Å². The lowest BCUT2D eigenvalue weighted by Crippen LogP contribution is -2.31. The van der Waals surface area contributed by atoms with E-state index in [2.05, 4.69) is 5.10 Å². The van der Waals surface area contributed by atoms with Crippen LogP contribution in [0.1, 0.15) is 0 Å². The van der Waals surface area contributed by atoms with Gasteiger partial charge in [0.05, 0.1) is 25.9 Å². The van der Waals surface area contributed by atoms with E-state index in [4.69, 9.17) is 5.11 Å². The highest BCUT2D eigenvalue weighted by Crippen LogP contribution is 2.14. The highest BCUT2D eigenvalue weighted by Gasteiger charge is 2.24. The summed E-state index contributed by atoms with van der Waals surface area (Å²) in [5, 5.41) is 12.3. The van der Waals surface area contributed by atoms with Crippen molar-refractivity contribution >= 4 is 10.0 Å². The SMILES string of the molecule is CN(CC(F)F)S(=O)(=O)c1cnn(CCO)c1. The van der Waals surface area contributed by atoms with Gasteiger partial charge in [-0.1, -0.05) is 0 Å². The molecule has 9 heteroatoms. The average molecular weight is 269 g/mol. The lowest BCUT2D eigenvalue weighted by atomic mass is 10.7. The van der Waals surface area contributed by atoms with E-state index in [1.54, 1.807) is 0 Å². The zero-order valence-corrected chi connectivity index (χ0v) is 9.94. The molecular weight excluding hydrogens is 256 g/mol. The normalized spacial score (nSPS) is 12.6. The molecule has 17 heavy (non-hydrogen) atoms. The van der Waals surface area contributed by atoms with Gasteiger partial charge in [0.25, 0.3) is 6.43 Å². The van der Waals surface area contributed by atoms with Gasteiger partial charge >= 0.3 is 0 Å². The second kappa shape index (κ2) is 5.52. The molecule has 0 radical (unpaired) electrons. The first kappa shape index (κ1) is 14.0. The van der Waals surface area contributed by atoms with E-state index in [9.17, 15) is 17.2 Å². The Balaban J connectivity index is 2.88. The Hall–Kier alpha value is -1.06. The fourth-order valence-electron chi connectivity index (χ4n) is 1.17. The smallest absolute Gasteiger partial charge is 0.252 e. The third-order valence-electron chi connectivity index (χ3n) is 2.04. The second-order valence-electron chi connectivity index (χ2n) is 3.34. The molecule has 0 saturated carbocycles. The monoisotopic (exact) mass is 269 g/mol. The van der Waals surface area contributed by atoms with E-state index in [1.165, 1.54) is 10.9 Å². The van der Waals surface area contributed by atoms with Crippen LogP contribution in [0.2, 0.25) is 0 Å². The molecule has 1 N–H and O–H groups in total. The van der Waals surface area contributed by atoms with Crippen molar-refractivity contribution in [1.82, 2.24) is 14.1 Å². The van der Waals surface area contributed by atoms with E-state index >= 15 is 0 Å². The van der Waals surface area contributed by atoms with Crippen LogP contribution in [0.25, 0.3) is 0 Å². The van der Waals surface area contributed by atoms with Crippen LogP contribution in [0.15, 0.2) is 17.3 Å². The van der Waals surface area contributed by atoms with Crippen LogP contribution in [0.5, 0.6) is 0 Å². The first-order valence-electron chi connectivity index (χ1n) is 4.75. The minimum atomic E-state index is -3.94. The first-order valence-corrected chi connectivity index (χ1v) is 6.19. The maximum Gasteiger partial charge on any atom is 0.252 e. The zero-order valence-electron chi connectivity index (χ0n) is 9.12. The number of aliphatic hydroxyl groups excluding tert-OH is 1. The highest BCUT2D eigenvalue weighted by molar-refractivity contribution is 7.89. The summed E-state index contributed by atoms with van der Waals surface area (Å²) < 4.78 is 49.5. The average Bonchev–Trinajstić information content (AvgIpc) is 2.66. The van der Waals surface area contributed by atoms with Crippen molar-refractivity contribution in [2.75, 3.05) is 20.2 Å². The molecule has 6 nitrogen and oxygen atoms in total. The van der Waals surface area contributed by atoms with Gasteiger partial charge < -0.3 is 5.11 Å². The predicted molar refractivity (Wildman–Crippen MR) is 55.1 cm³/mol. The quantitative estimate of drug-likeness (QED) is 0.773. The van der Waals surface area contributed by atoms with Crippen molar-refractivity contribution in [2.45, 2.75) is 17.9 Å². The third kappa shape index (κ3) is 3.45. The summed E-state index contributed by atoms with van der Waals surface area (Å²) >= 11 is 0. The van der Waals surface area contributed by atoms with Crippen LogP contribution in [0.3, 0.4) is 0 Å². The number of aromatic nitrogens is 2. The number of alkyl halides is 2. The van der Waals surface area contributed by atoms with Gasteiger partial charge in [-0.15, -0.1) is 0 Å². The van der Waals surface area contributed by atoms with Gasteiger partial charge in [-0.25, -0.2) is 17.2 Å². The van der Waals surface area contributed by atoms with Crippen molar-refractivity contribution in [3.63, 3.8) is 0 Å². The number of rotatable bonds is 6. The van der Waals surface area contributed by atoms with E-state index in [-0.39, 0.29) is 18.0 Å². The molecule has 0 fully saturated rings. The number of halogens is 2. The largest absolute Gasteiger partial charge is 0.394 e. The Labute approximate surface area is 97.5 Å². The minimum Gasteiger partial charge on any atom is -0.394 e. The Morgan fingerprint density at radius 1 is 1.59 bits per heavy atom. The fourth-order valence-corrected chi connectivity index (χ4v) is 2.28. The maximum atomic E-state index is 12.1. The van der Waals surface area contributed by atoms with Gasteiger partial charge in [-0.3, -0.25) is 4.68 Å². The second-order valence-corrected chi connectivity index (χ2v) is 5.38. The summed E-state index contributed by atoms with van der Waals surface area (Å²) in [6.07, 6.45) is -0.484. The molecule has 98 valence electrons. The molecule has 1 rings (SSSR count). The molecule has 0 aromatic carbocycles. The molecule has 0 atom stereocenters. The molecule has 1 aromatic heterocycles. The van der Waals surface area contributed by atoms with Crippen molar-refractivity contribution in [3.8, 4) is 0 Å². The molecule has 0 unspecified atom stereocenters. The first-order chi connectivity index (χ1) is 7.87. The number of hydrogen-bond donors (Lipinski definition) is 1. The number of sulfonamides is 1. The van der Waals surface area contributed by atoms with Crippen LogP contribution < -0.4 is 0 Å². The van der Waals surface area contributed by atoms with Gasteiger partial charge in [0.15, 0.2) is 0 Å². The van der Waals surface area contributed by atoms with E-state index in [1.807, 2.05) is 0 Å². The molecule has 0 saturated heterocycles. The van der Waals surface area contributed by atoms with Crippen LogP contribution in [0.4, 0.5) is 8.78 Å². The Morgan fingerprint density at radius 3 is 2.76 bits per heavy atom. The summed E-state index contributed by atoms with van der Waals surface area (Å²) in [6, 6.07) is 0. The molecule has 0 bridgehead atoms. The van der Waals surface area contributed by atoms with E-state index in [0.717, 1.165) is 13.2 Å². The standard InChI is InChI=1S/C8H13F2N3O3S/c1-12(6-8(9)10)17(15,16)7-4-11-13(5-7)2-3-14/h4-5,8,14H,2-3,6H2,1H3. The number of hydrogen-bond acceptors (Lipinski definition) is 4. The highest BCUT2D eigenvalue weighted by atomic mass is 32.2. The maximum absolute atomic E-state index is 12.1. The molecule has 1 aromatic rings. The molecule has 1 heterocycles. The van der Waals surface area contributed by atoms with Crippen molar-refractivity contribution in [3.05, 3.63) is 12.4 Å². The number of aliphatic hydroxyl groups is 1. The molecule has 0 aliphatic carbocycles.